The van der Waals surface area contributed by atoms with E-state index in [2.05, 4.69) is 30.2 Å². The quantitative estimate of drug-likeness (QED) is 0.292. The number of imidazole rings is 1. The molecule has 8 heteroatoms. The Balaban J connectivity index is 1.10. The van der Waals surface area contributed by atoms with Crippen molar-refractivity contribution in [1.29, 1.82) is 0 Å². The summed E-state index contributed by atoms with van der Waals surface area (Å²) in [7, 11) is 0. The average molecular weight is 497 g/mol. The number of H-pyrrole nitrogens is 1. The lowest BCUT2D eigenvalue weighted by Crippen LogP contribution is -2.58. The molecule has 2 saturated heterocycles. The highest BCUT2D eigenvalue weighted by Gasteiger charge is 2.39. The van der Waals surface area contributed by atoms with Crippen LogP contribution >= 0.6 is 0 Å². The Hall–Kier alpha value is -3.62. The summed E-state index contributed by atoms with van der Waals surface area (Å²) in [5.74, 6) is -0.331. The summed E-state index contributed by atoms with van der Waals surface area (Å²) in [5, 5.41) is 4.28. The molecule has 4 aromatic rings. The number of nitrogens with one attached hydrogen (secondary N) is 2. The molecule has 190 valence electrons. The van der Waals surface area contributed by atoms with Gasteiger partial charge in [0, 0.05) is 42.5 Å². The number of aryl methyl sites for hydroxylation is 1. The summed E-state index contributed by atoms with van der Waals surface area (Å²) in [6, 6.07) is 13.7. The van der Waals surface area contributed by atoms with E-state index in [-0.39, 0.29) is 5.97 Å². The third-order valence-corrected chi connectivity index (χ3v) is 7.74. The highest BCUT2D eigenvalue weighted by molar-refractivity contribution is 5.95. The number of piperidine rings is 1. The number of likely N-dealkylation sites (tertiary alicyclic amines) is 1. The Kier molecular flexibility index (Phi) is 6.44. The Morgan fingerprint density at radius 1 is 1.11 bits per heavy atom. The first-order chi connectivity index (χ1) is 18.1. The van der Waals surface area contributed by atoms with E-state index >= 15 is 0 Å². The van der Waals surface area contributed by atoms with Gasteiger partial charge in [0.2, 0.25) is 0 Å². The van der Waals surface area contributed by atoms with Gasteiger partial charge in [-0.05, 0) is 75.0 Å². The maximum Gasteiger partial charge on any atom is 0.339 e. The molecular weight excluding hydrogens is 464 g/mol. The van der Waals surface area contributed by atoms with Crippen LogP contribution in [0.15, 0.2) is 55.0 Å². The van der Waals surface area contributed by atoms with Crippen molar-refractivity contribution in [2.75, 3.05) is 39.3 Å². The summed E-state index contributed by atoms with van der Waals surface area (Å²) in [6.07, 6.45) is 6.66. The number of carbonyl (C=O) groups excluding carboxylic acids is 1. The van der Waals surface area contributed by atoms with E-state index in [0.29, 0.717) is 17.6 Å². The molecule has 2 N–H and O–H groups in total. The number of hydrogen-bond donors (Lipinski definition) is 2. The third-order valence-electron chi connectivity index (χ3n) is 7.74. The van der Waals surface area contributed by atoms with E-state index in [4.69, 9.17) is 4.74 Å². The number of rotatable bonds is 7. The number of pyridine rings is 2. The van der Waals surface area contributed by atoms with Crippen molar-refractivity contribution in [3.63, 3.8) is 0 Å². The van der Waals surface area contributed by atoms with Gasteiger partial charge in [-0.2, -0.15) is 0 Å². The molecule has 0 radical (unpaired) electrons. The van der Waals surface area contributed by atoms with Gasteiger partial charge >= 0.3 is 5.97 Å². The van der Waals surface area contributed by atoms with Gasteiger partial charge in [-0.3, -0.25) is 9.97 Å². The van der Waals surface area contributed by atoms with E-state index in [0.717, 1.165) is 65.3 Å². The molecule has 37 heavy (non-hydrogen) atoms. The molecule has 0 atom stereocenters. The van der Waals surface area contributed by atoms with E-state index in [1.807, 2.05) is 49.4 Å². The monoisotopic (exact) mass is 496 g/mol. The highest BCUT2D eigenvalue weighted by Crippen LogP contribution is 2.35. The fraction of sp³-hybridized carbons (Fsp3) is 0.379. The standard InChI is InChI=1S/C29H32N6O2/c1-20-4-2-5-25(34-20)27-26(32-19-33-27)21-6-7-24-22(14-21)15-23(16-31-24)28(36)37-13-3-10-35-11-8-29(9-12-35)17-30-18-29/h2,4-7,14-16,19,30H,3,8-13,17-18H2,1H3,(H,32,33). The predicted molar refractivity (Wildman–Crippen MR) is 143 cm³/mol. The van der Waals surface area contributed by atoms with Crippen LogP contribution in [0.1, 0.15) is 35.3 Å². The minimum absolute atomic E-state index is 0.331. The summed E-state index contributed by atoms with van der Waals surface area (Å²) < 4.78 is 5.59. The molecule has 0 saturated carbocycles. The molecule has 2 aliphatic rings. The topological polar surface area (TPSA) is 96.0 Å². The Bertz CT molecular complexity index is 1420. The fourth-order valence-corrected chi connectivity index (χ4v) is 5.40. The molecule has 0 bridgehead atoms. The van der Waals surface area contributed by atoms with E-state index in [9.17, 15) is 4.79 Å². The molecule has 2 aliphatic heterocycles. The number of fused-ring (bicyclic) bond motifs is 1. The van der Waals surface area contributed by atoms with Crippen molar-refractivity contribution in [3.8, 4) is 22.6 Å². The summed E-state index contributed by atoms with van der Waals surface area (Å²) >= 11 is 0. The zero-order chi connectivity index (χ0) is 25.2. The van der Waals surface area contributed by atoms with Crippen LogP contribution in [0.2, 0.25) is 0 Å². The lowest BCUT2D eigenvalue weighted by atomic mass is 9.73. The zero-order valence-electron chi connectivity index (χ0n) is 21.2. The predicted octanol–water partition coefficient (Wildman–Crippen LogP) is 4.23. The van der Waals surface area contributed by atoms with Gasteiger partial charge < -0.3 is 19.9 Å². The maximum absolute atomic E-state index is 12.7. The van der Waals surface area contributed by atoms with E-state index in [1.165, 1.54) is 25.9 Å². The second-order valence-electron chi connectivity index (χ2n) is 10.4. The summed E-state index contributed by atoms with van der Waals surface area (Å²) in [5.41, 5.74) is 6.22. The second kappa shape index (κ2) is 10.0. The normalized spacial score (nSPS) is 17.1. The molecule has 1 aromatic carbocycles. The molecule has 3 aromatic heterocycles. The van der Waals surface area contributed by atoms with Gasteiger partial charge in [-0.25, -0.2) is 9.78 Å². The first-order valence-corrected chi connectivity index (χ1v) is 13.1. The van der Waals surface area contributed by atoms with Crippen LogP contribution < -0.4 is 5.32 Å². The molecule has 6 rings (SSSR count). The number of aromatic nitrogens is 4. The summed E-state index contributed by atoms with van der Waals surface area (Å²) in [4.78, 5) is 32.1. The number of nitrogens with zero attached hydrogens (tertiary/aromatic N) is 4. The van der Waals surface area contributed by atoms with Crippen LogP contribution in [0.3, 0.4) is 0 Å². The first kappa shape index (κ1) is 23.8. The van der Waals surface area contributed by atoms with Crippen LogP contribution in [-0.2, 0) is 4.74 Å². The molecule has 0 amide bonds. The number of benzene rings is 1. The Morgan fingerprint density at radius 2 is 1.97 bits per heavy atom. The number of carbonyl (C=O) groups is 1. The Labute approximate surface area is 216 Å². The van der Waals surface area contributed by atoms with Crippen LogP contribution in [-0.4, -0.2) is 70.1 Å². The summed E-state index contributed by atoms with van der Waals surface area (Å²) in [6.45, 7) is 7.99. The first-order valence-electron chi connectivity index (χ1n) is 13.1. The highest BCUT2D eigenvalue weighted by atomic mass is 16.5. The van der Waals surface area contributed by atoms with Gasteiger partial charge in [-0.15, -0.1) is 0 Å². The van der Waals surface area contributed by atoms with Gasteiger partial charge in [-0.1, -0.05) is 12.1 Å². The number of aromatic amines is 1. The van der Waals surface area contributed by atoms with Crippen LogP contribution in [0.5, 0.6) is 0 Å². The van der Waals surface area contributed by atoms with Crippen molar-refractivity contribution in [3.05, 3.63) is 66.2 Å². The Morgan fingerprint density at radius 3 is 2.76 bits per heavy atom. The lowest BCUT2D eigenvalue weighted by Gasteiger charge is -2.48. The van der Waals surface area contributed by atoms with Gasteiger partial charge in [0.25, 0.3) is 0 Å². The third kappa shape index (κ3) is 4.99. The van der Waals surface area contributed by atoms with Crippen molar-refractivity contribution >= 4 is 16.9 Å². The largest absolute Gasteiger partial charge is 0.462 e. The molecular formula is C29H32N6O2. The molecule has 5 heterocycles. The SMILES string of the molecule is Cc1cccc(-c2[nH]cnc2-c2ccc3ncc(C(=O)OCCCN4CCC5(CC4)CNC5)cc3c2)n1. The van der Waals surface area contributed by atoms with Gasteiger partial charge in [0.05, 0.1) is 41.1 Å². The number of hydrogen-bond acceptors (Lipinski definition) is 7. The maximum atomic E-state index is 12.7. The van der Waals surface area contributed by atoms with Crippen molar-refractivity contribution in [2.45, 2.75) is 26.2 Å². The van der Waals surface area contributed by atoms with Crippen LogP contribution in [0, 0.1) is 12.3 Å². The molecule has 2 fully saturated rings. The van der Waals surface area contributed by atoms with Crippen LogP contribution in [0.25, 0.3) is 33.5 Å². The van der Waals surface area contributed by atoms with Gasteiger partial charge in [0.15, 0.2) is 0 Å². The number of ether oxygens (including phenoxy) is 1. The van der Waals surface area contributed by atoms with Gasteiger partial charge in [0.1, 0.15) is 0 Å². The second-order valence-corrected chi connectivity index (χ2v) is 10.4. The molecule has 8 nitrogen and oxygen atoms in total. The zero-order valence-corrected chi connectivity index (χ0v) is 21.2. The smallest absolute Gasteiger partial charge is 0.339 e. The lowest BCUT2D eigenvalue weighted by molar-refractivity contribution is 0.0407. The van der Waals surface area contributed by atoms with E-state index in [1.54, 1.807) is 12.5 Å². The van der Waals surface area contributed by atoms with Crippen molar-refractivity contribution in [1.82, 2.24) is 30.2 Å². The fourth-order valence-electron chi connectivity index (χ4n) is 5.40. The molecule has 0 unspecified atom stereocenters. The van der Waals surface area contributed by atoms with Crippen LogP contribution in [0.4, 0.5) is 0 Å². The minimum Gasteiger partial charge on any atom is -0.462 e. The van der Waals surface area contributed by atoms with E-state index < -0.39 is 0 Å². The minimum atomic E-state index is -0.331. The van der Waals surface area contributed by atoms with Crippen molar-refractivity contribution in [2.24, 2.45) is 5.41 Å². The number of esters is 1. The molecule has 1 spiro atoms. The molecule has 0 aliphatic carbocycles. The van der Waals surface area contributed by atoms with Crippen molar-refractivity contribution < 1.29 is 9.53 Å². The average Bonchev–Trinajstić information content (AvgIpc) is 3.40.